The Morgan fingerprint density at radius 1 is 1.16 bits per heavy atom. The van der Waals surface area contributed by atoms with Gasteiger partial charge in [-0.1, -0.05) is 35.3 Å². The Hall–Kier alpha value is -1.80. The van der Waals surface area contributed by atoms with Crippen molar-refractivity contribution in [2.24, 2.45) is 5.92 Å². The highest BCUT2D eigenvalue weighted by atomic mass is 35.5. The second kappa shape index (κ2) is 10.2. The fourth-order valence-corrected chi connectivity index (χ4v) is 5.51. The molecule has 0 aliphatic carbocycles. The molecule has 0 aromatic heterocycles. The molecule has 6 nitrogen and oxygen atoms in total. The predicted molar refractivity (Wildman–Crippen MR) is 122 cm³/mol. The summed E-state index contributed by atoms with van der Waals surface area (Å²) in [4.78, 5) is 12.8. The van der Waals surface area contributed by atoms with Gasteiger partial charge < -0.3 is 10.1 Å². The molecule has 1 amide bonds. The molecular weight excluding hydrogens is 459 g/mol. The highest BCUT2D eigenvalue weighted by molar-refractivity contribution is 7.89. The molecule has 2 aromatic rings. The summed E-state index contributed by atoms with van der Waals surface area (Å²) in [5.74, 6) is 0.155. The molecule has 1 saturated heterocycles. The molecule has 1 atom stereocenters. The number of rotatable bonds is 7. The minimum Gasteiger partial charge on any atom is -0.492 e. The summed E-state index contributed by atoms with van der Waals surface area (Å²) in [6, 6.07) is 11.7. The fourth-order valence-electron chi connectivity index (χ4n) is 3.59. The van der Waals surface area contributed by atoms with Gasteiger partial charge in [0.2, 0.25) is 15.9 Å². The van der Waals surface area contributed by atoms with Gasteiger partial charge in [-0.2, -0.15) is 4.31 Å². The normalized spacial score (nSPS) is 16.6. The van der Waals surface area contributed by atoms with Gasteiger partial charge in [0.1, 0.15) is 5.75 Å². The molecule has 1 unspecified atom stereocenters. The van der Waals surface area contributed by atoms with Crippen molar-refractivity contribution in [3.63, 3.8) is 0 Å². The van der Waals surface area contributed by atoms with Gasteiger partial charge in [-0.15, -0.1) is 0 Å². The van der Waals surface area contributed by atoms with Crippen molar-refractivity contribution >= 4 is 39.1 Å². The van der Waals surface area contributed by atoms with Crippen LogP contribution in [0.1, 0.15) is 38.3 Å². The largest absolute Gasteiger partial charge is 0.492 e. The molecular formula is C22H26Cl2N2O4S. The van der Waals surface area contributed by atoms with E-state index in [0.717, 1.165) is 5.56 Å². The molecule has 0 saturated carbocycles. The number of piperidine rings is 1. The van der Waals surface area contributed by atoms with Gasteiger partial charge in [0.25, 0.3) is 0 Å². The summed E-state index contributed by atoms with van der Waals surface area (Å²) in [7, 11) is -3.69. The Labute approximate surface area is 193 Å². The van der Waals surface area contributed by atoms with Gasteiger partial charge in [-0.25, -0.2) is 8.42 Å². The maximum Gasteiger partial charge on any atom is 0.243 e. The smallest absolute Gasteiger partial charge is 0.243 e. The number of sulfonamides is 1. The number of hydrogen-bond acceptors (Lipinski definition) is 4. The highest BCUT2D eigenvalue weighted by Crippen LogP contribution is 2.30. The Morgan fingerprint density at radius 3 is 2.39 bits per heavy atom. The zero-order valence-electron chi connectivity index (χ0n) is 17.5. The molecule has 0 radical (unpaired) electrons. The van der Waals surface area contributed by atoms with Crippen molar-refractivity contribution in [2.45, 2.75) is 37.6 Å². The van der Waals surface area contributed by atoms with E-state index in [1.807, 2.05) is 26.0 Å². The standard InChI is InChI=1S/C22H26Cl2N2O4S/c1-3-30-21-9-8-19(14-20(21)24)31(28,29)26-12-10-17(11-13-26)22(27)25-15(2)16-4-6-18(23)7-5-16/h4-9,14-15,17H,3,10-13H2,1-2H3,(H,25,27). The number of ether oxygens (including phenoxy) is 1. The molecule has 168 valence electrons. The van der Waals surface area contributed by atoms with Crippen LogP contribution in [0.25, 0.3) is 0 Å². The van der Waals surface area contributed by atoms with Gasteiger partial charge in [0, 0.05) is 24.0 Å². The topological polar surface area (TPSA) is 75.7 Å². The lowest BCUT2D eigenvalue weighted by atomic mass is 9.96. The van der Waals surface area contributed by atoms with E-state index in [2.05, 4.69) is 5.32 Å². The number of halogens is 2. The predicted octanol–water partition coefficient (Wildman–Crippen LogP) is 4.67. The zero-order valence-corrected chi connectivity index (χ0v) is 19.8. The number of carbonyl (C=O) groups excluding carboxylic acids is 1. The first-order valence-corrected chi connectivity index (χ1v) is 12.4. The lowest BCUT2D eigenvalue weighted by Gasteiger charge is -2.31. The van der Waals surface area contributed by atoms with Crippen LogP contribution in [0.5, 0.6) is 5.75 Å². The zero-order chi connectivity index (χ0) is 22.6. The van der Waals surface area contributed by atoms with Crippen LogP contribution in [0, 0.1) is 5.92 Å². The maximum absolute atomic E-state index is 13.0. The van der Waals surface area contributed by atoms with E-state index in [4.69, 9.17) is 27.9 Å². The Morgan fingerprint density at radius 2 is 1.81 bits per heavy atom. The van der Waals surface area contributed by atoms with Crippen molar-refractivity contribution in [1.82, 2.24) is 9.62 Å². The van der Waals surface area contributed by atoms with Crippen LogP contribution in [0.2, 0.25) is 10.0 Å². The summed E-state index contributed by atoms with van der Waals surface area (Å²) >= 11 is 12.1. The molecule has 2 aromatic carbocycles. The van der Waals surface area contributed by atoms with Crippen molar-refractivity contribution in [1.29, 1.82) is 0 Å². The molecule has 1 aliphatic rings. The van der Waals surface area contributed by atoms with Crippen LogP contribution in [0.3, 0.4) is 0 Å². The van der Waals surface area contributed by atoms with Gasteiger partial charge in [-0.05, 0) is 62.6 Å². The number of benzene rings is 2. The fraction of sp³-hybridized carbons (Fsp3) is 0.409. The van der Waals surface area contributed by atoms with Crippen molar-refractivity contribution < 1.29 is 17.9 Å². The van der Waals surface area contributed by atoms with E-state index in [9.17, 15) is 13.2 Å². The molecule has 1 heterocycles. The van der Waals surface area contributed by atoms with Crippen LogP contribution in [-0.4, -0.2) is 38.3 Å². The van der Waals surface area contributed by atoms with Gasteiger partial charge in [0.15, 0.2) is 0 Å². The van der Waals surface area contributed by atoms with Crippen LogP contribution in [-0.2, 0) is 14.8 Å². The molecule has 1 aliphatic heterocycles. The molecule has 1 N–H and O–H groups in total. The Balaban J connectivity index is 1.59. The van der Waals surface area contributed by atoms with Crippen molar-refractivity contribution in [2.75, 3.05) is 19.7 Å². The quantitative estimate of drug-likeness (QED) is 0.619. The monoisotopic (exact) mass is 484 g/mol. The summed E-state index contributed by atoms with van der Waals surface area (Å²) in [5.41, 5.74) is 0.963. The molecule has 0 bridgehead atoms. The third-order valence-electron chi connectivity index (χ3n) is 5.39. The third-order valence-corrected chi connectivity index (χ3v) is 7.84. The van der Waals surface area contributed by atoms with E-state index in [1.54, 1.807) is 18.2 Å². The first kappa shape index (κ1) is 23.9. The van der Waals surface area contributed by atoms with E-state index in [0.29, 0.717) is 30.2 Å². The number of nitrogens with one attached hydrogen (secondary N) is 1. The first-order chi connectivity index (χ1) is 14.7. The Bertz CT molecular complexity index is 1020. The molecule has 9 heteroatoms. The van der Waals surface area contributed by atoms with Gasteiger partial charge in [-0.3, -0.25) is 4.79 Å². The number of amides is 1. The average Bonchev–Trinajstić information content (AvgIpc) is 2.75. The lowest BCUT2D eigenvalue weighted by Crippen LogP contribution is -2.43. The Kier molecular flexibility index (Phi) is 7.86. The molecule has 1 fully saturated rings. The van der Waals surface area contributed by atoms with E-state index in [1.165, 1.54) is 16.4 Å². The van der Waals surface area contributed by atoms with Crippen LogP contribution in [0.15, 0.2) is 47.4 Å². The van der Waals surface area contributed by atoms with E-state index >= 15 is 0 Å². The van der Waals surface area contributed by atoms with Crippen molar-refractivity contribution in [3.05, 3.63) is 58.1 Å². The minimum absolute atomic E-state index is 0.0661. The number of carbonyl (C=O) groups is 1. The van der Waals surface area contributed by atoms with E-state index < -0.39 is 10.0 Å². The third kappa shape index (κ3) is 5.71. The molecule has 3 rings (SSSR count). The lowest BCUT2D eigenvalue weighted by molar-refractivity contribution is -0.126. The minimum atomic E-state index is -3.69. The summed E-state index contributed by atoms with van der Waals surface area (Å²) in [6.07, 6.45) is 0.923. The first-order valence-electron chi connectivity index (χ1n) is 10.2. The number of hydrogen-bond donors (Lipinski definition) is 1. The highest BCUT2D eigenvalue weighted by Gasteiger charge is 2.32. The van der Waals surface area contributed by atoms with Crippen LogP contribution < -0.4 is 10.1 Å². The number of nitrogens with zero attached hydrogens (tertiary/aromatic N) is 1. The summed E-state index contributed by atoms with van der Waals surface area (Å²) in [6.45, 7) is 4.74. The maximum atomic E-state index is 13.0. The summed E-state index contributed by atoms with van der Waals surface area (Å²) < 4.78 is 32.8. The second-order valence-corrected chi connectivity index (χ2v) is 10.3. The molecule has 31 heavy (non-hydrogen) atoms. The van der Waals surface area contributed by atoms with Crippen LogP contribution >= 0.6 is 23.2 Å². The average molecular weight is 485 g/mol. The van der Waals surface area contributed by atoms with E-state index in [-0.39, 0.29) is 40.9 Å². The van der Waals surface area contributed by atoms with Gasteiger partial charge >= 0.3 is 0 Å². The SMILES string of the molecule is CCOc1ccc(S(=O)(=O)N2CCC(C(=O)NC(C)c3ccc(Cl)cc3)CC2)cc1Cl. The summed E-state index contributed by atoms with van der Waals surface area (Å²) in [5, 5.41) is 3.92. The second-order valence-electron chi connectivity index (χ2n) is 7.49. The van der Waals surface area contributed by atoms with Crippen molar-refractivity contribution in [3.8, 4) is 5.75 Å². The molecule has 0 spiro atoms. The van der Waals surface area contributed by atoms with Gasteiger partial charge in [0.05, 0.1) is 22.6 Å². The van der Waals surface area contributed by atoms with Crippen LogP contribution in [0.4, 0.5) is 0 Å².